The van der Waals surface area contributed by atoms with Crippen LogP contribution in [0.3, 0.4) is 0 Å². The lowest BCUT2D eigenvalue weighted by molar-refractivity contribution is 0.309. The van der Waals surface area contributed by atoms with Crippen molar-refractivity contribution < 1.29 is 0 Å². The molecule has 0 aromatic carbocycles. The second kappa shape index (κ2) is 3.33. The van der Waals surface area contributed by atoms with Crippen molar-refractivity contribution in [3.63, 3.8) is 0 Å². The summed E-state index contributed by atoms with van der Waals surface area (Å²) in [6.07, 6.45) is 3.75. The molecule has 1 saturated carbocycles. The second-order valence-electron chi connectivity index (χ2n) is 3.35. The molecule has 0 unspecified atom stereocenters. The highest BCUT2D eigenvalue weighted by Crippen LogP contribution is 2.34. The van der Waals surface area contributed by atoms with Crippen molar-refractivity contribution in [2.75, 3.05) is 12.4 Å². The van der Waals surface area contributed by atoms with E-state index in [1.54, 1.807) is 0 Å². The van der Waals surface area contributed by atoms with Gasteiger partial charge in [-0.3, -0.25) is 4.57 Å². The number of rotatable bonds is 3. The van der Waals surface area contributed by atoms with Gasteiger partial charge in [-0.05, 0) is 19.3 Å². The fourth-order valence-electron chi connectivity index (χ4n) is 1.66. The molecule has 0 bridgehead atoms. The molecule has 0 amide bonds. The Labute approximate surface area is 77.3 Å². The van der Waals surface area contributed by atoms with E-state index < -0.39 is 0 Å². The van der Waals surface area contributed by atoms with Crippen LogP contribution in [-0.2, 0) is 6.54 Å². The summed E-state index contributed by atoms with van der Waals surface area (Å²) in [6.45, 7) is 0.463. The summed E-state index contributed by atoms with van der Waals surface area (Å²) in [6, 6.07) is 0.566. The summed E-state index contributed by atoms with van der Waals surface area (Å²) in [5.74, 6) is 1.72. The summed E-state index contributed by atoms with van der Waals surface area (Å²) in [7, 11) is 1.86. The third-order valence-electron chi connectivity index (χ3n) is 2.61. The van der Waals surface area contributed by atoms with Gasteiger partial charge < -0.3 is 11.1 Å². The highest BCUT2D eigenvalue weighted by Gasteiger charge is 2.24. The molecule has 0 saturated heterocycles. The fourth-order valence-corrected chi connectivity index (χ4v) is 1.66. The van der Waals surface area contributed by atoms with Gasteiger partial charge in [-0.1, -0.05) is 0 Å². The Morgan fingerprint density at radius 2 is 2.31 bits per heavy atom. The first-order chi connectivity index (χ1) is 6.36. The van der Waals surface area contributed by atoms with Crippen molar-refractivity contribution in [3.8, 4) is 0 Å². The quantitative estimate of drug-likeness (QED) is 0.712. The van der Waals surface area contributed by atoms with Crippen LogP contribution in [0.4, 0.5) is 5.95 Å². The van der Waals surface area contributed by atoms with Gasteiger partial charge in [0.25, 0.3) is 0 Å². The lowest BCUT2D eigenvalue weighted by atomic mass is 9.93. The first-order valence-corrected chi connectivity index (χ1v) is 4.68. The molecule has 72 valence electrons. The van der Waals surface area contributed by atoms with E-state index in [1.165, 1.54) is 19.3 Å². The van der Waals surface area contributed by atoms with Crippen LogP contribution in [0.15, 0.2) is 0 Å². The van der Waals surface area contributed by atoms with Crippen molar-refractivity contribution in [1.82, 2.24) is 14.8 Å². The third-order valence-corrected chi connectivity index (χ3v) is 2.61. The molecule has 3 N–H and O–H groups in total. The predicted molar refractivity (Wildman–Crippen MR) is 50.3 cm³/mol. The number of aromatic nitrogens is 3. The van der Waals surface area contributed by atoms with Gasteiger partial charge >= 0.3 is 0 Å². The van der Waals surface area contributed by atoms with Gasteiger partial charge in [-0.25, -0.2) is 0 Å². The van der Waals surface area contributed by atoms with E-state index in [0.29, 0.717) is 12.6 Å². The molecule has 0 atom stereocenters. The number of nitrogens with zero attached hydrogens (tertiary/aromatic N) is 3. The minimum atomic E-state index is 0.463. The highest BCUT2D eigenvalue weighted by molar-refractivity contribution is 5.26. The molecule has 1 aliphatic carbocycles. The average Bonchev–Trinajstić information content (AvgIpc) is 2.45. The Bertz CT molecular complexity index is 267. The van der Waals surface area contributed by atoms with E-state index in [9.17, 15) is 0 Å². The van der Waals surface area contributed by atoms with Crippen molar-refractivity contribution in [1.29, 1.82) is 0 Å². The number of anilines is 1. The smallest absolute Gasteiger partial charge is 0.224 e. The Morgan fingerprint density at radius 3 is 2.77 bits per heavy atom. The monoisotopic (exact) mass is 181 g/mol. The van der Waals surface area contributed by atoms with Crippen molar-refractivity contribution in [2.24, 2.45) is 5.73 Å². The lowest BCUT2D eigenvalue weighted by Gasteiger charge is -2.28. The normalized spacial score (nSPS) is 17.1. The summed E-state index contributed by atoms with van der Waals surface area (Å²) in [4.78, 5) is 0. The molecule has 0 aliphatic heterocycles. The molecule has 5 heteroatoms. The summed E-state index contributed by atoms with van der Waals surface area (Å²) < 4.78 is 2.13. The molecular formula is C8H15N5. The van der Waals surface area contributed by atoms with Crippen LogP contribution in [0.1, 0.15) is 31.1 Å². The van der Waals surface area contributed by atoms with Gasteiger partial charge in [0.15, 0.2) is 0 Å². The van der Waals surface area contributed by atoms with E-state index in [2.05, 4.69) is 20.1 Å². The van der Waals surface area contributed by atoms with E-state index in [-0.39, 0.29) is 0 Å². The van der Waals surface area contributed by atoms with Crippen LogP contribution in [0.25, 0.3) is 0 Å². The molecule has 1 aromatic heterocycles. The minimum Gasteiger partial charge on any atom is -0.357 e. The Kier molecular flexibility index (Phi) is 2.18. The van der Waals surface area contributed by atoms with Crippen LogP contribution >= 0.6 is 0 Å². The maximum atomic E-state index is 5.58. The van der Waals surface area contributed by atoms with Crippen molar-refractivity contribution in [3.05, 3.63) is 5.82 Å². The molecule has 13 heavy (non-hydrogen) atoms. The fraction of sp³-hybridized carbons (Fsp3) is 0.750. The Balaban J connectivity index is 2.31. The summed E-state index contributed by atoms with van der Waals surface area (Å²) in [5, 5.41) is 11.1. The number of hydrogen-bond donors (Lipinski definition) is 2. The van der Waals surface area contributed by atoms with Gasteiger partial charge in [0.05, 0.1) is 6.54 Å². The molecule has 0 spiro atoms. The number of hydrogen-bond acceptors (Lipinski definition) is 4. The van der Waals surface area contributed by atoms with Crippen molar-refractivity contribution >= 4 is 5.95 Å². The zero-order valence-corrected chi connectivity index (χ0v) is 7.82. The largest absolute Gasteiger partial charge is 0.357 e. The van der Waals surface area contributed by atoms with Crippen molar-refractivity contribution in [2.45, 2.75) is 31.8 Å². The van der Waals surface area contributed by atoms with Crippen LogP contribution < -0.4 is 11.1 Å². The van der Waals surface area contributed by atoms with Gasteiger partial charge in [-0.15, -0.1) is 10.2 Å². The zero-order chi connectivity index (χ0) is 9.26. The first kappa shape index (κ1) is 8.50. The van der Waals surface area contributed by atoms with Crippen LogP contribution in [0.5, 0.6) is 0 Å². The van der Waals surface area contributed by atoms with Gasteiger partial charge in [0.1, 0.15) is 5.82 Å². The highest BCUT2D eigenvalue weighted by atomic mass is 15.4. The van der Waals surface area contributed by atoms with Crippen LogP contribution in [-0.4, -0.2) is 21.8 Å². The minimum absolute atomic E-state index is 0.463. The Hall–Kier alpha value is -1.10. The molecule has 0 radical (unpaired) electrons. The van der Waals surface area contributed by atoms with Gasteiger partial charge in [-0.2, -0.15) is 0 Å². The Morgan fingerprint density at radius 1 is 1.54 bits per heavy atom. The second-order valence-corrected chi connectivity index (χ2v) is 3.35. The van der Waals surface area contributed by atoms with E-state index >= 15 is 0 Å². The number of nitrogens with two attached hydrogens (primary N) is 1. The molecule has 5 nitrogen and oxygen atoms in total. The van der Waals surface area contributed by atoms with Gasteiger partial charge in [0.2, 0.25) is 5.95 Å². The van der Waals surface area contributed by atoms with E-state index in [4.69, 9.17) is 5.73 Å². The van der Waals surface area contributed by atoms with Crippen LogP contribution in [0, 0.1) is 0 Å². The maximum absolute atomic E-state index is 5.58. The average molecular weight is 181 g/mol. The topological polar surface area (TPSA) is 68.8 Å². The molecule has 1 aliphatic rings. The molecule has 2 rings (SSSR count). The predicted octanol–water partition coefficient (Wildman–Crippen LogP) is 0.503. The zero-order valence-electron chi connectivity index (χ0n) is 7.82. The molecular weight excluding hydrogens is 166 g/mol. The SMILES string of the molecule is CNc1nnc(CN)n1C1CCC1. The first-order valence-electron chi connectivity index (χ1n) is 4.68. The van der Waals surface area contributed by atoms with Gasteiger partial charge in [0, 0.05) is 13.1 Å². The van der Waals surface area contributed by atoms with Crippen LogP contribution in [0.2, 0.25) is 0 Å². The third kappa shape index (κ3) is 1.29. The summed E-state index contributed by atoms with van der Waals surface area (Å²) >= 11 is 0. The molecule has 1 fully saturated rings. The number of nitrogens with one attached hydrogen (secondary N) is 1. The summed E-state index contributed by atoms with van der Waals surface area (Å²) in [5.41, 5.74) is 5.58. The van der Waals surface area contributed by atoms with E-state index in [1.807, 2.05) is 7.05 Å². The molecule has 1 aromatic rings. The standard InChI is InChI=1S/C8H15N5/c1-10-8-12-11-7(5-9)13(8)6-3-2-4-6/h6H,2-5,9H2,1H3,(H,10,12). The lowest BCUT2D eigenvalue weighted by Crippen LogP contribution is -2.22. The molecule has 1 heterocycles. The maximum Gasteiger partial charge on any atom is 0.224 e. The van der Waals surface area contributed by atoms with E-state index in [0.717, 1.165) is 11.8 Å².